The summed E-state index contributed by atoms with van der Waals surface area (Å²) in [5.74, 6) is 0. The minimum atomic E-state index is -6.09. The number of benzene rings is 1. The lowest BCUT2D eigenvalue weighted by Gasteiger charge is -2.35. The van der Waals surface area contributed by atoms with E-state index in [1.54, 1.807) is 5.30 Å². The molecule has 0 aromatic heterocycles. The average molecular weight is 467 g/mol. The summed E-state index contributed by atoms with van der Waals surface area (Å²) in [5.41, 5.74) is -5.65. The molecule has 1 saturated heterocycles. The van der Waals surface area contributed by atoms with E-state index < -0.39 is 22.1 Å². The summed E-state index contributed by atoms with van der Waals surface area (Å²) in [5, 5.41) is 3.19. The van der Waals surface area contributed by atoms with Gasteiger partial charge in [-0.1, -0.05) is 32.0 Å². The van der Waals surface area contributed by atoms with Gasteiger partial charge >= 0.3 is 5.51 Å². The highest BCUT2D eigenvalue weighted by Gasteiger charge is 2.48. The number of alkyl halides is 3. The Balaban J connectivity index is 0.000000359. The third kappa shape index (κ3) is 6.78. The molecule has 1 aliphatic rings. The maximum absolute atomic E-state index is 10.7. The molecule has 0 bridgehead atoms. The quantitative estimate of drug-likeness (QED) is 0.346. The first-order valence-electron chi connectivity index (χ1n) is 7.62. The summed E-state index contributed by atoms with van der Waals surface area (Å²) in [6, 6.07) is 11.2. The molecular weight excluding hydrogens is 444 g/mol. The van der Waals surface area contributed by atoms with Crippen molar-refractivity contribution < 1.29 is 26.1 Å². The zero-order valence-corrected chi connectivity index (χ0v) is 18.9. The van der Waals surface area contributed by atoms with Crippen LogP contribution in [-0.4, -0.2) is 46.2 Å². The monoisotopic (exact) mass is 466 g/mol. The van der Waals surface area contributed by atoms with Gasteiger partial charge in [-0.15, -0.1) is 23.5 Å². The first kappa shape index (κ1) is 24.4. The molecule has 26 heavy (non-hydrogen) atoms. The highest BCUT2D eigenvalue weighted by Crippen LogP contribution is 2.75. The normalized spacial score (nSPS) is 26.4. The summed E-state index contributed by atoms with van der Waals surface area (Å²) in [6.45, 7) is 6.19. The molecule has 0 aliphatic carbocycles. The second kappa shape index (κ2) is 9.74. The van der Waals surface area contributed by atoms with Gasteiger partial charge in [0.1, 0.15) is 11.8 Å². The summed E-state index contributed by atoms with van der Waals surface area (Å²) in [7, 11) is -6.09. The van der Waals surface area contributed by atoms with E-state index >= 15 is 0 Å². The van der Waals surface area contributed by atoms with Crippen molar-refractivity contribution in [3.63, 3.8) is 0 Å². The number of hydrogen-bond acceptors (Lipinski definition) is 6. The maximum atomic E-state index is 10.7. The molecule has 11 heteroatoms. The van der Waals surface area contributed by atoms with Crippen LogP contribution in [0.2, 0.25) is 0 Å². The van der Waals surface area contributed by atoms with Crippen LogP contribution in [0.4, 0.5) is 13.2 Å². The summed E-state index contributed by atoms with van der Waals surface area (Å²) in [6.07, 6.45) is 3.65. The average Bonchev–Trinajstić information content (AvgIpc) is 2.52. The van der Waals surface area contributed by atoms with Gasteiger partial charge in [0.15, 0.2) is 14.4 Å². The molecule has 1 aromatic rings. The minimum absolute atomic E-state index is 0.758. The van der Waals surface area contributed by atoms with E-state index in [1.165, 1.54) is 6.42 Å². The van der Waals surface area contributed by atoms with Gasteiger partial charge in [-0.25, -0.2) is 8.42 Å². The Morgan fingerprint density at radius 3 is 1.92 bits per heavy atom. The molecule has 150 valence electrons. The van der Waals surface area contributed by atoms with Crippen LogP contribution in [0, 0.1) is 0 Å². The summed E-state index contributed by atoms with van der Waals surface area (Å²) >= 11 is 6.52. The van der Waals surface area contributed by atoms with Gasteiger partial charge in [-0.2, -0.15) is 13.2 Å². The number of halogens is 3. The van der Waals surface area contributed by atoms with Crippen LogP contribution in [0.5, 0.6) is 0 Å². The summed E-state index contributed by atoms with van der Waals surface area (Å²) in [4.78, 5) is 0. The van der Waals surface area contributed by atoms with E-state index in [4.69, 9.17) is 13.0 Å². The molecule has 1 heterocycles. The Morgan fingerprint density at radius 2 is 1.58 bits per heavy atom. The predicted octanol–water partition coefficient (Wildman–Crippen LogP) is 5.22. The molecule has 2 rings (SSSR count). The second-order valence-electron chi connectivity index (χ2n) is 5.84. The third-order valence-electron chi connectivity index (χ3n) is 3.70. The van der Waals surface area contributed by atoms with E-state index in [1.807, 2.05) is 0 Å². The third-order valence-corrected chi connectivity index (χ3v) is 17.2. The molecule has 1 fully saturated rings. The fourth-order valence-electron chi connectivity index (χ4n) is 2.28. The van der Waals surface area contributed by atoms with Crippen molar-refractivity contribution in [3.05, 3.63) is 30.3 Å². The zero-order chi connectivity index (χ0) is 20.2. The molecule has 0 saturated carbocycles. The van der Waals surface area contributed by atoms with Crippen molar-refractivity contribution >= 4 is 56.8 Å². The first-order chi connectivity index (χ1) is 11.8. The van der Waals surface area contributed by atoms with Crippen LogP contribution in [-0.2, 0) is 10.1 Å². The van der Waals surface area contributed by atoms with Crippen LogP contribution in [0.25, 0.3) is 0 Å². The molecule has 2 unspecified atom stereocenters. The Labute approximate surface area is 166 Å². The van der Waals surface area contributed by atoms with Gasteiger partial charge in [0.05, 0.1) is 6.66 Å². The fourth-order valence-corrected chi connectivity index (χ4v) is 14.6. The molecule has 0 radical (unpaired) electrons. The lowest BCUT2D eigenvalue weighted by atomic mass is 10.3. The number of thioether (sulfide) groups is 2. The van der Waals surface area contributed by atoms with Crippen LogP contribution in [0.3, 0.4) is 0 Å². The highest BCUT2D eigenvalue weighted by atomic mass is 32.7. The van der Waals surface area contributed by atoms with Crippen LogP contribution < -0.4 is 5.30 Å². The minimum Gasteiger partial charge on any atom is -0.741 e. The maximum Gasteiger partial charge on any atom is 0.485 e. The standard InChI is InChI=1S/C14H22PS3.CHF3O3S/c1-11-10-12(2)18-14(17-11)15(3,16-4)13-8-6-5-7-9-13;2-1(3,4)8(5,6)7/h5-9,11-12,14H,10H2,1-4H3;(H,5,6,7)/q+1;/p-1/t11-,12+,14?,15?;. The molecule has 0 amide bonds. The number of rotatable bonds is 3. The Hall–Kier alpha value is 0.400. The van der Waals surface area contributed by atoms with Crippen molar-refractivity contribution in [2.24, 2.45) is 0 Å². The topological polar surface area (TPSA) is 57.2 Å². The van der Waals surface area contributed by atoms with Crippen LogP contribution in [0.15, 0.2) is 30.3 Å². The molecular formula is C15H22F3O3PS4. The molecule has 1 aromatic carbocycles. The Morgan fingerprint density at radius 1 is 1.15 bits per heavy atom. The molecule has 3 nitrogen and oxygen atoms in total. The first-order valence-corrected chi connectivity index (χ1v) is 15.0. The van der Waals surface area contributed by atoms with Gasteiger partial charge in [0.2, 0.25) is 0 Å². The highest BCUT2D eigenvalue weighted by molar-refractivity contribution is 8.68. The van der Waals surface area contributed by atoms with Crippen LogP contribution >= 0.6 is 41.4 Å². The summed E-state index contributed by atoms with van der Waals surface area (Å²) < 4.78 is 59.7. The van der Waals surface area contributed by atoms with Gasteiger partial charge < -0.3 is 4.55 Å². The SMILES string of the molecule is CS[P+](C)(c1ccccc1)C1S[C@H](C)C[C@H](C)S1.O=S(=O)([O-])C(F)(F)F. The molecule has 0 spiro atoms. The van der Waals surface area contributed by atoms with E-state index in [-0.39, 0.29) is 0 Å². The van der Waals surface area contributed by atoms with Crippen molar-refractivity contribution in [2.45, 2.75) is 40.6 Å². The van der Waals surface area contributed by atoms with Crippen molar-refractivity contribution in [1.82, 2.24) is 0 Å². The van der Waals surface area contributed by atoms with Gasteiger partial charge in [-0.3, -0.25) is 0 Å². The Kier molecular flexibility index (Phi) is 9.16. The van der Waals surface area contributed by atoms with E-state index in [9.17, 15) is 13.2 Å². The Bertz CT molecular complexity index is 662. The molecule has 4 atom stereocenters. The lowest BCUT2D eigenvalue weighted by Crippen LogP contribution is -2.24. The smallest absolute Gasteiger partial charge is 0.485 e. The largest absolute Gasteiger partial charge is 0.741 e. The fraction of sp³-hybridized carbons (Fsp3) is 0.600. The van der Waals surface area contributed by atoms with Gasteiger partial charge in [-0.05, 0) is 18.6 Å². The van der Waals surface area contributed by atoms with E-state index in [0.717, 1.165) is 14.8 Å². The molecule has 0 N–H and O–H groups in total. The van der Waals surface area contributed by atoms with Crippen LogP contribution in [0.1, 0.15) is 20.3 Å². The second-order valence-corrected chi connectivity index (χ2v) is 18.1. The van der Waals surface area contributed by atoms with Crippen molar-refractivity contribution in [2.75, 3.05) is 12.9 Å². The van der Waals surface area contributed by atoms with E-state index in [2.05, 4.69) is 92.0 Å². The molecule has 1 aliphatic heterocycles. The zero-order valence-electron chi connectivity index (χ0n) is 14.8. The van der Waals surface area contributed by atoms with E-state index in [0.29, 0.717) is 0 Å². The van der Waals surface area contributed by atoms with Crippen molar-refractivity contribution in [1.29, 1.82) is 0 Å². The van der Waals surface area contributed by atoms with Gasteiger partial charge in [0.25, 0.3) is 0 Å². The van der Waals surface area contributed by atoms with Crippen molar-refractivity contribution in [3.8, 4) is 0 Å². The number of hydrogen-bond donors (Lipinski definition) is 0. The predicted molar refractivity (Wildman–Crippen MR) is 111 cm³/mol. The van der Waals surface area contributed by atoms with Gasteiger partial charge in [0, 0.05) is 28.1 Å². The lowest BCUT2D eigenvalue weighted by molar-refractivity contribution is -0.0517.